The Labute approximate surface area is 361 Å². The van der Waals surface area contributed by atoms with Gasteiger partial charge in [0.05, 0.1) is 26.4 Å². The lowest BCUT2D eigenvalue weighted by molar-refractivity contribution is 0.153. The first kappa shape index (κ1) is 59.7. The summed E-state index contributed by atoms with van der Waals surface area (Å²) in [4.78, 5) is 17.0. The fraction of sp³-hybridized carbons (Fsp3) is 1.00. The predicted octanol–water partition coefficient (Wildman–Crippen LogP) is 18.6. The van der Waals surface area contributed by atoms with Crippen molar-refractivity contribution in [3.63, 3.8) is 0 Å². The third-order valence-electron chi connectivity index (χ3n) is 11.0. The molecule has 0 amide bonds. The van der Waals surface area contributed by atoms with Gasteiger partial charge in [0, 0.05) is 0 Å². The number of unbranched alkanes of at least 4 members (excludes halogenated alkanes) is 37. The number of hydrogen-bond acceptors (Lipinski definition) is 6. The molecule has 0 saturated carbocycles. The second-order valence-corrected chi connectivity index (χ2v) is 18.9. The fourth-order valence-corrected chi connectivity index (χ4v) is 8.56. The van der Waals surface area contributed by atoms with Crippen molar-refractivity contribution in [1.82, 2.24) is 0 Å². The van der Waals surface area contributed by atoms with E-state index >= 15 is 0 Å². The first-order valence-corrected chi connectivity index (χ1v) is 27.9. The van der Waals surface area contributed by atoms with E-state index in [4.69, 9.17) is 27.9 Å². The minimum atomic E-state index is -2.14. The molecule has 0 rings (SSSR count). The molecule has 0 aromatic carbocycles. The van der Waals surface area contributed by atoms with E-state index < -0.39 is 17.2 Å². The summed E-state index contributed by atoms with van der Waals surface area (Å²) in [6, 6.07) is 0. The topological polar surface area (TPSA) is 77.4 Å². The van der Waals surface area contributed by atoms with Crippen LogP contribution in [0.4, 0.5) is 0 Å². The Bertz CT molecular complexity index is 612. The molecule has 0 aliphatic carbocycles. The standard InChI is InChI=1S/C36H75O3P.C13H29O3P/c1-4-7-10-13-16-19-22-25-28-31-34-37-40(38-35-32-29-26-23-20-17-14-11-8-5-2)39-36-33-30-27-24-21-18-15-12-9-6-3;1-2-3-4-5-6-7-8-9-10-11-12-13-16-17(14)15/h4-36H2,1-3H3;14-15H,2-13H2,1H3. The Morgan fingerprint density at radius 2 is 0.386 bits per heavy atom. The minimum Gasteiger partial charge on any atom is -0.328 e. The Hall–Kier alpha value is 0.620. The summed E-state index contributed by atoms with van der Waals surface area (Å²) in [7, 11) is -3.31. The van der Waals surface area contributed by atoms with Gasteiger partial charge in [-0.3, -0.25) is 0 Å². The van der Waals surface area contributed by atoms with Gasteiger partial charge in [-0.25, -0.2) is 0 Å². The average Bonchev–Trinajstić information content (AvgIpc) is 3.21. The Kier molecular flexibility index (Phi) is 59.3. The molecule has 0 fully saturated rings. The van der Waals surface area contributed by atoms with E-state index in [0.717, 1.165) is 51.9 Å². The van der Waals surface area contributed by atoms with Gasteiger partial charge in [0.15, 0.2) is 0 Å². The van der Waals surface area contributed by atoms with Gasteiger partial charge in [0.25, 0.3) is 0 Å². The first-order valence-electron chi connectivity index (χ1n) is 25.6. The van der Waals surface area contributed by atoms with Crippen LogP contribution in [0.25, 0.3) is 0 Å². The lowest BCUT2D eigenvalue weighted by Crippen LogP contribution is -2.00. The lowest BCUT2D eigenvalue weighted by atomic mass is 10.1. The van der Waals surface area contributed by atoms with E-state index in [0.29, 0.717) is 6.61 Å². The van der Waals surface area contributed by atoms with E-state index in [2.05, 4.69) is 27.7 Å². The largest absolute Gasteiger partial charge is 0.332 e. The summed E-state index contributed by atoms with van der Waals surface area (Å²) in [6.07, 6.45) is 54.9. The fourth-order valence-electron chi connectivity index (χ4n) is 7.21. The first-order chi connectivity index (χ1) is 28.1. The van der Waals surface area contributed by atoms with Crippen LogP contribution in [0.15, 0.2) is 0 Å². The lowest BCUT2D eigenvalue weighted by Gasteiger charge is -2.17. The van der Waals surface area contributed by atoms with Gasteiger partial charge in [-0.05, 0) is 25.7 Å². The molecule has 0 atom stereocenters. The smallest absolute Gasteiger partial charge is 0.328 e. The van der Waals surface area contributed by atoms with Crippen molar-refractivity contribution >= 4 is 17.2 Å². The van der Waals surface area contributed by atoms with Crippen molar-refractivity contribution in [2.45, 2.75) is 291 Å². The van der Waals surface area contributed by atoms with Crippen molar-refractivity contribution in [2.75, 3.05) is 26.4 Å². The highest BCUT2D eigenvalue weighted by molar-refractivity contribution is 7.41. The van der Waals surface area contributed by atoms with Gasteiger partial charge in [-0.15, -0.1) is 0 Å². The molecular weight excluding hydrogens is 746 g/mol. The second-order valence-electron chi connectivity index (χ2n) is 16.9. The van der Waals surface area contributed by atoms with Crippen LogP contribution in [-0.4, -0.2) is 36.2 Å². The van der Waals surface area contributed by atoms with Crippen LogP contribution in [0.1, 0.15) is 291 Å². The molecule has 0 bridgehead atoms. The Morgan fingerprint density at radius 1 is 0.228 bits per heavy atom. The third-order valence-corrected chi connectivity index (χ3v) is 12.6. The number of hydrogen-bond donors (Lipinski definition) is 2. The van der Waals surface area contributed by atoms with Crippen molar-refractivity contribution in [3.05, 3.63) is 0 Å². The quantitative estimate of drug-likeness (QED) is 0.0469. The van der Waals surface area contributed by atoms with Crippen LogP contribution < -0.4 is 0 Å². The van der Waals surface area contributed by atoms with Crippen LogP contribution >= 0.6 is 17.2 Å². The Morgan fingerprint density at radius 3 is 0.561 bits per heavy atom. The van der Waals surface area contributed by atoms with Gasteiger partial charge < -0.3 is 27.9 Å². The summed E-state index contributed by atoms with van der Waals surface area (Å²) in [5.74, 6) is 0. The van der Waals surface area contributed by atoms with Crippen LogP contribution in [-0.2, 0) is 18.1 Å². The molecule has 0 heterocycles. The van der Waals surface area contributed by atoms with Crippen molar-refractivity contribution in [3.8, 4) is 0 Å². The zero-order valence-electron chi connectivity index (χ0n) is 39.2. The summed E-state index contributed by atoms with van der Waals surface area (Å²) < 4.78 is 23.1. The molecular formula is C49H104O6P2. The highest BCUT2D eigenvalue weighted by atomic mass is 31.2. The molecule has 0 saturated heterocycles. The highest BCUT2D eigenvalue weighted by Crippen LogP contribution is 2.40. The maximum atomic E-state index is 8.51. The zero-order chi connectivity index (χ0) is 41.8. The molecule has 57 heavy (non-hydrogen) atoms. The summed E-state index contributed by atoms with van der Waals surface area (Å²) >= 11 is 0. The van der Waals surface area contributed by atoms with E-state index in [1.54, 1.807) is 0 Å². The van der Waals surface area contributed by atoms with Gasteiger partial charge in [-0.1, -0.05) is 265 Å². The molecule has 2 N–H and O–H groups in total. The van der Waals surface area contributed by atoms with Gasteiger partial charge in [0.1, 0.15) is 0 Å². The molecule has 6 nitrogen and oxygen atoms in total. The predicted molar refractivity (Wildman–Crippen MR) is 254 cm³/mol. The average molecular weight is 851 g/mol. The molecule has 0 aromatic rings. The third kappa shape index (κ3) is 58.8. The summed E-state index contributed by atoms with van der Waals surface area (Å²) in [5, 5.41) is 0. The molecule has 0 unspecified atom stereocenters. The van der Waals surface area contributed by atoms with Crippen molar-refractivity contribution in [1.29, 1.82) is 0 Å². The van der Waals surface area contributed by atoms with E-state index in [1.165, 1.54) is 231 Å². The molecule has 0 aliphatic heterocycles. The molecule has 0 radical (unpaired) electrons. The zero-order valence-corrected chi connectivity index (χ0v) is 41.0. The van der Waals surface area contributed by atoms with E-state index in [1.807, 2.05) is 0 Å². The van der Waals surface area contributed by atoms with Crippen molar-refractivity contribution < 1.29 is 27.9 Å². The van der Waals surface area contributed by atoms with E-state index in [9.17, 15) is 0 Å². The van der Waals surface area contributed by atoms with E-state index in [-0.39, 0.29) is 0 Å². The normalized spacial score (nSPS) is 11.6. The van der Waals surface area contributed by atoms with Gasteiger partial charge >= 0.3 is 17.2 Å². The molecule has 8 heteroatoms. The molecule has 346 valence electrons. The monoisotopic (exact) mass is 851 g/mol. The van der Waals surface area contributed by atoms with Crippen LogP contribution in [0.3, 0.4) is 0 Å². The maximum Gasteiger partial charge on any atom is 0.332 e. The van der Waals surface area contributed by atoms with Crippen molar-refractivity contribution in [2.24, 2.45) is 0 Å². The summed E-state index contributed by atoms with van der Waals surface area (Å²) in [6.45, 7) is 12.0. The van der Waals surface area contributed by atoms with Crippen LogP contribution in [0.2, 0.25) is 0 Å². The number of rotatable bonds is 49. The molecule has 0 aromatic heterocycles. The van der Waals surface area contributed by atoms with Gasteiger partial charge in [-0.2, -0.15) is 0 Å². The van der Waals surface area contributed by atoms with Crippen LogP contribution in [0.5, 0.6) is 0 Å². The SMILES string of the molecule is CCCCCCCCCCCCCOP(O)O.CCCCCCCCCCCCOP(OCCCCCCCCCCCC)OCCCCCCCCCCCC. The molecule has 0 aliphatic rings. The molecule has 0 spiro atoms. The van der Waals surface area contributed by atoms with Crippen LogP contribution in [0, 0.1) is 0 Å². The van der Waals surface area contributed by atoms with Gasteiger partial charge in [0.2, 0.25) is 0 Å². The maximum absolute atomic E-state index is 8.51. The summed E-state index contributed by atoms with van der Waals surface area (Å²) in [5.41, 5.74) is 0. The highest BCUT2D eigenvalue weighted by Gasteiger charge is 2.12. The minimum absolute atomic E-state index is 0.482. The second kappa shape index (κ2) is 56.6. The Balaban J connectivity index is 0.